The van der Waals surface area contributed by atoms with Crippen molar-refractivity contribution >= 4 is 46.5 Å². The van der Waals surface area contributed by atoms with Gasteiger partial charge < -0.3 is 5.32 Å². The average Bonchev–Trinajstić information content (AvgIpc) is 2.27. The van der Waals surface area contributed by atoms with Crippen molar-refractivity contribution in [2.24, 2.45) is 0 Å². The van der Waals surface area contributed by atoms with E-state index in [1.807, 2.05) is 30.3 Å². The molecule has 0 aliphatic heterocycles. The summed E-state index contributed by atoms with van der Waals surface area (Å²) in [7, 11) is 0. The molecule has 0 saturated carbocycles. The third-order valence-corrected chi connectivity index (χ3v) is 2.48. The predicted octanol–water partition coefficient (Wildman–Crippen LogP) is 3.35. The largest absolute Gasteiger partial charge is 0.326 e. The molecular formula is C12H12Cl2N2O. The van der Waals surface area contributed by atoms with E-state index in [1.165, 1.54) is 6.92 Å². The molecule has 90 valence electrons. The normalized spacial score (nSPS) is 9.76. The van der Waals surface area contributed by atoms with Crippen LogP contribution in [0.25, 0.3) is 10.9 Å². The third kappa shape index (κ3) is 3.32. The van der Waals surface area contributed by atoms with E-state index in [2.05, 4.69) is 10.3 Å². The number of hydrogen-bond donors (Lipinski definition) is 1. The molecule has 0 spiro atoms. The zero-order valence-electron chi connectivity index (χ0n) is 9.24. The van der Waals surface area contributed by atoms with Gasteiger partial charge in [-0.15, -0.1) is 24.0 Å². The molecule has 0 saturated heterocycles. The van der Waals surface area contributed by atoms with Gasteiger partial charge in [-0.05, 0) is 24.3 Å². The van der Waals surface area contributed by atoms with Gasteiger partial charge in [-0.1, -0.05) is 6.07 Å². The second-order valence-corrected chi connectivity index (χ2v) is 3.79. The number of pyridine rings is 1. The highest BCUT2D eigenvalue weighted by molar-refractivity contribution is 6.17. The summed E-state index contributed by atoms with van der Waals surface area (Å²) in [6.07, 6.45) is 0. The number of carbonyl (C=O) groups excluding carboxylic acids is 1. The number of alkyl halides is 1. The SMILES string of the molecule is CC(=O)Nc1ccc2nc(CCl)ccc2c1.Cl. The number of rotatable bonds is 2. The fourth-order valence-electron chi connectivity index (χ4n) is 1.52. The highest BCUT2D eigenvalue weighted by atomic mass is 35.5. The van der Waals surface area contributed by atoms with Crippen LogP contribution in [-0.4, -0.2) is 10.9 Å². The second-order valence-electron chi connectivity index (χ2n) is 3.52. The van der Waals surface area contributed by atoms with Gasteiger partial charge in [0.2, 0.25) is 5.91 Å². The fraction of sp³-hybridized carbons (Fsp3) is 0.167. The fourth-order valence-corrected chi connectivity index (χ4v) is 1.67. The highest BCUT2D eigenvalue weighted by Crippen LogP contribution is 2.18. The molecule has 1 aromatic heterocycles. The van der Waals surface area contributed by atoms with Gasteiger partial charge in [-0.25, -0.2) is 0 Å². The number of nitrogens with one attached hydrogen (secondary N) is 1. The number of hydrogen-bond acceptors (Lipinski definition) is 2. The molecule has 2 aromatic rings. The molecular weight excluding hydrogens is 259 g/mol. The van der Waals surface area contributed by atoms with Crippen LogP contribution < -0.4 is 5.32 Å². The van der Waals surface area contributed by atoms with Crippen LogP contribution in [0.5, 0.6) is 0 Å². The van der Waals surface area contributed by atoms with E-state index >= 15 is 0 Å². The number of nitrogens with zero attached hydrogens (tertiary/aromatic N) is 1. The van der Waals surface area contributed by atoms with Gasteiger partial charge >= 0.3 is 0 Å². The monoisotopic (exact) mass is 270 g/mol. The minimum atomic E-state index is -0.0790. The Morgan fingerprint density at radius 1 is 1.35 bits per heavy atom. The number of aromatic nitrogens is 1. The number of fused-ring (bicyclic) bond motifs is 1. The number of amides is 1. The maximum absolute atomic E-state index is 10.9. The summed E-state index contributed by atoms with van der Waals surface area (Å²) in [4.78, 5) is 15.3. The third-order valence-electron chi connectivity index (χ3n) is 2.20. The summed E-state index contributed by atoms with van der Waals surface area (Å²) < 4.78 is 0. The molecule has 0 aliphatic rings. The minimum Gasteiger partial charge on any atom is -0.326 e. The first-order valence-corrected chi connectivity index (χ1v) is 5.46. The van der Waals surface area contributed by atoms with Crippen LogP contribution in [0, 0.1) is 0 Å². The maximum Gasteiger partial charge on any atom is 0.221 e. The minimum absolute atomic E-state index is 0. The first-order chi connectivity index (χ1) is 7.69. The van der Waals surface area contributed by atoms with Crippen LogP contribution in [0.2, 0.25) is 0 Å². The lowest BCUT2D eigenvalue weighted by Crippen LogP contribution is -2.05. The van der Waals surface area contributed by atoms with E-state index in [4.69, 9.17) is 11.6 Å². The molecule has 1 aromatic carbocycles. The van der Waals surface area contributed by atoms with Crippen LogP contribution in [0.1, 0.15) is 12.6 Å². The van der Waals surface area contributed by atoms with Crippen LogP contribution >= 0.6 is 24.0 Å². The molecule has 1 heterocycles. The Balaban J connectivity index is 0.00000144. The van der Waals surface area contributed by atoms with E-state index in [9.17, 15) is 4.79 Å². The standard InChI is InChI=1S/C12H11ClN2O.ClH/c1-8(16)14-10-4-5-12-9(6-10)2-3-11(7-13)15-12;/h2-6H,7H2,1H3,(H,14,16);1H. The van der Waals surface area contributed by atoms with Gasteiger partial charge in [0, 0.05) is 18.0 Å². The molecule has 1 N–H and O–H groups in total. The summed E-state index contributed by atoms with van der Waals surface area (Å²) in [5.74, 6) is 0.327. The Morgan fingerprint density at radius 3 is 2.76 bits per heavy atom. The van der Waals surface area contributed by atoms with Crippen LogP contribution in [0.3, 0.4) is 0 Å². The molecule has 0 aliphatic carbocycles. The van der Waals surface area contributed by atoms with E-state index in [0.29, 0.717) is 5.88 Å². The molecule has 0 unspecified atom stereocenters. The molecule has 0 atom stereocenters. The van der Waals surface area contributed by atoms with E-state index in [0.717, 1.165) is 22.3 Å². The summed E-state index contributed by atoms with van der Waals surface area (Å²) in [6.45, 7) is 1.49. The van der Waals surface area contributed by atoms with E-state index in [-0.39, 0.29) is 18.3 Å². The van der Waals surface area contributed by atoms with Crippen molar-refractivity contribution < 1.29 is 4.79 Å². The Labute approximate surface area is 111 Å². The van der Waals surface area contributed by atoms with Crippen molar-refractivity contribution in [3.63, 3.8) is 0 Å². The highest BCUT2D eigenvalue weighted by Gasteiger charge is 2.00. The lowest BCUT2D eigenvalue weighted by Gasteiger charge is -2.04. The second kappa shape index (κ2) is 5.84. The lowest BCUT2D eigenvalue weighted by atomic mass is 10.2. The molecule has 17 heavy (non-hydrogen) atoms. The molecule has 0 radical (unpaired) electrons. The lowest BCUT2D eigenvalue weighted by molar-refractivity contribution is -0.114. The van der Waals surface area contributed by atoms with Gasteiger partial charge in [0.25, 0.3) is 0 Å². The number of carbonyl (C=O) groups is 1. The Bertz CT molecular complexity index is 543. The van der Waals surface area contributed by atoms with Crippen molar-refractivity contribution in [3.8, 4) is 0 Å². The molecule has 0 fully saturated rings. The molecule has 3 nitrogen and oxygen atoms in total. The zero-order chi connectivity index (χ0) is 11.5. The Hall–Kier alpha value is -1.32. The summed E-state index contributed by atoms with van der Waals surface area (Å²) in [5.41, 5.74) is 2.51. The van der Waals surface area contributed by atoms with Crippen LogP contribution in [0.4, 0.5) is 5.69 Å². The summed E-state index contributed by atoms with van der Waals surface area (Å²) in [6, 6.07) is 9.42. The van der Waals surface area contributed by atoms with Gasteiger partial charge in [-0.2, -0.15) is 0 Å². The quantitative estimate of drug-likeness (QED) is 0.851. The maximum atomic E-state index is 10.9. The van der Waals surface area contributed by atoms with E-state index < -0.39 is 0 Å². The van der Waals surface area contributed by atoms with Gasteiger partial charge in [0.15, 0.2) is 0 Å². The smallest absolute Gasteiger partial charge is 0.221 e. The van der Waals surface area contributed by atoms with Crippen molar-refractivity contribution in [1.82, 2.24) is 4.98 Å². The number of benzene rings is 1. The summed E-state index contributed by atoms with van der Waals surface area (Å²) >= 11 is 5.71. The zero-order valence-corrected chi connectivity index (χ0v) is 10.8. The predicted molar refractivity (Wildman–Crippen MR) is 72.9 cm³/mol. The van der Waals surface area contributed by atoms with Gasteiger partial charge in [-0.3, -0.25) is 9.78 Å². The first kappa shape index (κ1) is 13.7. The molecule has 1 amide bonds. The molecule has 2 rings (SSSR count). The van der Waals surface area contributed by atoms with Gasteiger partial charge in [0.1, 0.15) is 0 Å². The summed E-state index contributed by atoms with van der Waals surface area (Å²) in [5, 5.41) is 3.72. The Kier molecular flexibility index (Phi) is 4.73. The number of anilines is 1. The van der Waals surface area contributed by atoms with Crippen LogP contribution in [0.15, 0.2) is 30.3 Å². The average molecular weight is 271 g/mol. The van der Waals surface area contributed by atoms with Crippen molar-refractivity contribution in [1.29, 1.82) is 0 Å². The van der Waals surface area contributed by atoms with Crippen molar-refractivity contribution in [2.45, 2.75) is 12.8 Å². The van der Waals surface area contributed by atoms with Crippen LogP contribution in [-0.2, 0) is 10.7 Å². The molecule has 5 heteroatoms. The molecule has 0 bridgehead atoms. The van der Waals surface area contributed by atoms with E-state index in [1.54, 1.807) is 0 Å². The van der Waals surface area contributed by atoms with Crippen molar-refractivity contribution in [2.75, 3.05) is 5.32 Å². The first-order valence-electron chi connectivity index (χ1n) is 4.92. The van der Waals surface area contributed by atoms with Crippen molar-refractivity contribution in [3.05, 3.63) is 36.0 Å². The number of halogens is 2. The Morgan fingerprint density at radius 2 is 2.12 bits per heavy atom. The topological polar surface area (TPSA) is 42.0 Å². The van der Waals surface area contributed by atoms with Gasteiger partial charge in [0.05, 0.1) is 17.1 Å².